The molecule has 0 aromatic rings. The van der Waals surface area contributed by atoms with Crippen molar-refractivity contribution in [2.45, 2.75) is 78.1 Å². The first-order chi connectivity index (χ1) is 8.06. The Hall–Kier alpha value is -0.123. The van der Waals surface area contributed by atoms with E-state index in [4.69, 9.17) is 4.43 Å². The van der Waals surface area contributed by atoms with E-state index >= 15 is 0 Å². The summed E-state index contributed by atoms with van der Waals surface area (Å²) in [6, 6.07) is 0. The Morgan fingerprint density at radius 3 is 2.28 bits per heavy atom. The van der Waals surface area contributed by atoms with Crippen molar-refractivity contribution in [3.8, 4) is 0 Å². The lowest BCUT2D eigenvalue weighted by Crippen LogP contribution is -2.40. The summed E-state index contributed by atoms with van der Waals surface area (Å²) in [4.78, 5) is 0. The monoisotopic (exact) mass is 272 g/mol. The highest BCUT2D eigenvalue weighted by molar-refractivity contribution is 6.74. The van der Waals surface area contributed by atoms with E-state index in [-0.39, 0.29) is 6.10 Å². The fourth-order valence-electron chi connectivity index (χ4n) is 1.54. The zero-order valence-electron chi connectivity index (χ0n) is 13.3. The average molecular weight is 273 g/mol. The van der Waals surface area contributed by atoms with E-state index in [0.717, 1.165) is 25.9 Å². The lowest BCUT2D eigenvalue weighted by Gasteiger charge is -2.36. The van der Waals surface area contributed by atoms with Crippen LogP contribution in [-0.2, 0) is 4.43 Å². The molecule has 1 N–H and O–H groups in total. The molecule has 0 rings (SSSR count). The Kier molecular flexibility index (Phi) is 7.41. The van der Waals surface area contributed by atoms with E-state index in [1.807, 2.05) is 6.08 Å². The maximum atomic E-state index is 9.23. The average Bonchev–Trinajstić information content (AvgIpc) is 2.13. The van der Waals surface area contributed by atoms with Crippen LogP contribution in [0.25, 0.3) is 0 Å². The van der Waals surface area contributed by atoms with Gasteiger partial charge in [-0.15, -0.1) is 0 Å². The van der Waals surface area contributed by atoms with Gasteiger partial charge in [-0.1, -0.05) is 32.4 Å². The van der Waals surface area contributed by atoms with Crippen molar-refractivity contribution in [1.29, 1.82) is 0 Å². The quantitative estimate of drug-likeness (QED) is 0.420. The molecule has 0 bridgehead atoms. The van der Waals surface area contributed by atoms with Gasteiger partial charge in [0, 0.05) is 6.61 Å². The first-order valence-corrected chi connectivity index (χ1v) is 9.96. The molecule has 0 aliphatic carbocycles. The van der Waals surface area contributed by atoms with Crippen LogP contribution in [0.5, 0.6) is 0 Å². The summed E-state index contributed by atoms with van der Waals surface area (Å²) in [6.45, 7) is 16.2. The number of rotatable bonds is 7. The Morgan fingerprint density at radius 1 is 1.28 bits per heavy atom. The Labute approximate surface area is 115 Å². The summed E-state index contributed by atoms with van der Waals surface area (Å²) >= 11 is 0. The molecule has 0 saturated carbocycles. The summed E-state index contributed by atoms with van der Waals surface area (Å²) in [5.41, 5.74) is 1.28. The van der Waals surface area contributed by atoms with Gasteiger partial charge in [0.1, 0.15) is 0 Å². The van der Waals surface area contributed by atoms with Crippen molar-refractivity contribution in [3.05, 3.63) is 11.6 Å². The molecule has 0 heterocycles. The zero-order valence-corrected chi connectivity index (χ0v) is 14.3. The predicted molar refractivity (Wildman–Crippen MR) is 82.4 cm³/mol. The van der Waals surface area contributed by atoms with Gasteiger partial charge in [-0.3, -0.25) is 0 Å². The molecular formula is C15H32O2Si. The number of hydrogen-bond acceptors (Lipinski definition) is 2. The Morgan fingerprint density at radius 2 is 1.83 bits per heavy atom. The Bertz CT molecular complexity index is 262. The summed E-state index contributed by atoms with van der Waals surface area (Å²) < 4.78 is 6.13. The highest BCUT2D eigenvalue weighted by Crippen LogP contribution is 2.36. The van der Waals surface area contributed by atoms with Gasteiger partial charge in [0.2, 0.25) is 0 Å². The molecule has 0 spiro atoms. The minimum Gasteiger partial charge on any atom is -0.417 e. The molecular weight excluding hydrogens is 240 g/mol. The lowest BCUT2D eigenvalue weighted by molar-refractivity contribution is 0.242. The zero-order chi connectivity index (χ0) is 14.4. The van der Waals surface area contributed by atoms with E-state index in [2.05, 4.69) is 40.8 Å². The minimum absolute atomic E-state index is 0.301. The van der Waals surface area contributed by atoms with Gasteiger partial charge >= 0.3 is 0 Å². The van der Waals surface area contributed by atoms with Crippen molar-refractivity contribution < 1.29 is 9.53 Å². The van der Waals surface area contributed by atoms with E-state index in [1.165, 1.54) is 5.57 Å². The number of aliphatic hydroxyl groups is 1. The van der Waals surface area contributed by atoms with Gasteiger partial charge in [-0.25, -0.2) is 0 Å². The second-order valence-electron chi connectivity index (χ2n) is 6.82. The molecule has 0 radical (unpaired) electrons. The van der Waals surface area contributed by atoms with Crippen LogP contribution in [0, 0.1) is 0 Å². The third-order valence-electron chi connectivity index (χ3n) is 3.76. The van der Waals surface area contributed by atoms with E-state index in [0.29, 0.717) is 5.04 Å². The van der Waals surface area contributed by atoms with Crippen LogP contribution in [0.15, 0.2) is 11.6 Å². The van der Waals surface area contributed by atoms with Gasteiger partial charge < -0.3 is 9.53 Å². The maximum Gasteiger partial charge on any atom is 0.191 e. The molecule has 0 amide bonds. The van der Waals surface area contributed by atoms with Crippen LogP contribution >= 0.6 is 0 Å². The summed E-state index contributed by atoms with van der Waals surface area (Å²) in [5, 5.41) is 9.53. The van der Waals surface area contributed by atoms with Gasteiger partial charge in [-0.05, 0) is 51.2 Å². The van der Waals surface area contributed by atoms with Crippen LogP contribution in [0.3, 0.4) is 0 Å². The van der Waals surface area contributed by atoms with Crippen molar-refractivity contribution in [2.75, 3.05) is 6.61 Å². The largest absolute Gasteiger partial charge is 0.417 e. The molecule has 18 heavy (non-hydrogen) atoms. The fourth-order valence-corrected chi connectivity index (χ4v) is 2.63. The predicted octanol–water partition coefficient (Wildman–Crippen LogP) is 4.51. The molecule has 0 saturated heterocycles. The maximum absolute atomic E-state index is 9.23. The second-order valence-corrected chi connectivity index (χ2v) is 11.6. The third kappa shape index (κ3) is 7.34. The van der Waals surface area contributed by atoms with Crippen molar-refractivity contribution in [2.24, 2.45) is 0 Å². The van der Waals surface area contributed by atoms with Crippen molar-refractivity contribution in [1.82, 2.24) is 0 Å². The van der Waals surface area contributed by atoms with Crippen molar-refractivity contribution >= 4 is 8.32 Å². The summed E-state index contributed by atoms with van der Waals surface area (Å²) in [5.74, 6) is 0. The normalized spacial score (nSPS) is 15.9. The minimum atomic E-state index is -1.56. The highest BCUT2D eigenvalue weighted by atomic mass is 28.4. The molecule has 1 unspecified atom stereocenters. The van der Waals surface area contributed by atoms with E-state index < -0.39 is 8.32 Å². The smallest absolute Gasteiger partial charge is 0.191 e. The molecule has 2 nitrogen and oxygen atoms in total. The Balaban J connectivity index is 3.82. The molecule has 0 aliphatic heterocycles. The van der Waals surface area contributed by atoms with Gasteiger partial charge in [0.05, 0.1) is 6.10 Å². The molecule has 0 aromatic heterocycles. The SMILES string of the molecule is C/C(=C\C(C)O)CCCCO[Si](C)(C)C(C)(C)C. The first kappa shape index (κ1) is 17.9. The van der Waals surface area contributed by atoms with Gasteiger partial charge in [-0.2, -0.15) is 0 Å². The molecule has 3 heteroatoms. The van der Waals surface area contributed by atoms with Crippen LogP contribution in [0.4, 0.5) is 0 Å². The fraction of sp³-hybridized carbons (Fsp3) is 0.867. The number of allylic oxidation sites excluding steroid dienone is 1. The number of unbranched alkanes of at least 4 members (excludes halogenated alkanes) is 1. The molecule has 108 valence electrons. The number of aliphatic hydroxyl groups excluding tert-OH is 1. The third-order valence-corrected chi connectivity index (χ3v) is 8.30. The van der Waals surface area contributed by atoms with E-state index in [1.54, 1.807) is 6.92 Å². The lowest BCUT2D eigenvalue weighted by atomic mass is 10.1. The molecule has 1 atom stereocenters. The first-order valence-electron chi connectivity index (χ1n) is 7.05. The second kappa shape index (κ2) is 7.46. The number of hydrogen-bond donors (Lipinski definition) is 1. The summed E-state index contributed by atoms with van der Waals surface area (Å²) in [6.07, 6.45) is 4.91. The van der Waals surface area contributed by atoms with Crippen LogP contribution in [-0.4, -0.2) is 26.1 Å². The van der Waals surface area contributed by atoms with Crippen LogP contribution < -0.4 is 0 Å². The molecule has 0 aromatic carbocycles. The standard InChI is InChI=1S/C15H32O2Si/c1-13(12-14(2)16)10-8-9-11-17-18(6,7)15(3,4)5/h12,14,16H,8-11H2,1-7H3/b13-12+. The summed E-state index contributed by atoms with van der Waals surface area (Å²) in [7, 11) is -1.56. The van der Waals surface area contributed by atoms with Gasteiger partial charge in [0.15, 0.2) is 8.32 Å². The molecule has 0 aliphatic rings. The van der Waals surface area contributed by atoms with Gasteiger partial charge in [0.25, 0.3) is 0 Å². The van der Waals surface area contributed by atoms with Crippen molar-refractivity contribution in [3.63, 3.8) is 0 Å². The van der Waals surface area contributed by atoms with Crippen LogP contribution in [0.1, 0.15) is 53.9 Å². The molecule has 0 fully saturated rings. The topological polar surface area (TPSA) is 29.5 Å². The van der Waals surface area contributed by atoms with E-state index in [9.17, 15) is 5.11 Å². The highest BCUT2D eigenvalue weighted by Gasteiger charge is 2.36. The van der Waals surface area contributed by atoms with Crippen LogP contribution in [0.2, 0.25) is 18.1 Å².